The van der Waals surface area contributed by atoms with Gasteiger partial charge in [0.1, 0.15) is 35.8 Å². The highest BCUT2D eigenvalue weighted by molar-refractivity contribution is 6.03. The van der Waals surface area contributed by atoms with Crippen LogP contribution in [0.2, 0.25) is 0 Å². The molecule has 0 aliphatic rings. The van der Waals surface area contributed by atoms with Gasteiger partial charge in [0.2, 0.25) is 5.91 Å². The summed E-state index contributed by atoms with van der Waals surface area (Å²) in [5, 5.41) is 1.13. The molecule has 0 aliphatic carbocycles. The van der Waals surface area contributed by atoms with Crippen molar-refractivity contribution in [3.8, 4) is 28.3 Å². The van der Waals surface area contributed by atoms with Crippen LogP contribution in [-0.2, 0) is 17.8 Å². The molecule has 2 heterocycles. The highest BCUT2D eigenvalue weighted by atomic mass is 19.1. The summed E-state index contributed by atoms with van der Waals surface area (Å²) in [6, 6.07) is 19.6. The number of carbonyl (C=O) groups excluding carboxylic acids is 1. The van der Waals surface area contributed by atoms with Crippen LogP contribution in [0.3, 0.4) is 0 Å². The van der Waals surface area contributed by atoms with E-state index >= 15 is 0 Å². The van der Waals surface area contributed by atoms with Crippen molar-refractivity contribution in [3.05, 3.63) is 117 Å². The number of hydrogen-bond acceptors (Lipinski definition) is 5. The zero-order valence-electron chi connectivity index (χ0n) is 24.8. The van der Waals surface area contributed by atoms with Gasteiger partial charge in [-0.25, -0.2) is 9.37 Å². The zero-order valence-corrected chi connectivity index (χ0v) is 24.8. The summed E-state index contributed by atoms with van der Waals surface area (Å²) >= 11 is 0. The van der Waals surface area contributed by atoms with Crippen LogP contribution < -0.4 is 20.8 Å². The number of rotatable bonds is 8. The number of carbonyl (C=O) groups is 1. The summed E-state index contributed by atoms with van der Waals surface area (Å²) < 4.78 is 27.4. The standard InChI is InChI=1S/C35H31FN4O4/c1-19-21(3)39-34-27(16-31(37)41)30(44-17-22-11-13-23(43-4)14-12-22)15-26(32(19)34)24-7-6-10-29(20(24)2)40-18-38-33-25(35(40)42)8-5-9-28(33)36/h5-15,18,39H,16-17H2,1-4H3,(H2,37,41). The Labute approximate surface area is 252 Å². The lowest BCUT2D eigenvalue weighted by Crippen LogP contribution is -2.20. The first-order valence-electron chi connectivity index (χ1n) is 14.1. The number of aromatic amines is 1. The molecule has 6 rings (SSSR count). The number of hydrogen-bond donors (Lipinski definition) is 2. The number of nitrogens with one attached hydrogen (secondary N) is 1. The summed E-state index contributed by atoms with van der Waals surface area (Å²) in [6.07, 6.45) is 1.35. The maximum atomic E-state index is 14.3. The van der Waals surface area contributed by atoms with Crippen molar-refractivity contribution in [1.82, 2.24) is 14.5 Å². The molecule has 3 N–H and O–H groups in total. The molecule has 0 saturated heterocycles. The van der Waals surface area contributed by atoms with E-state index in [1.54, 1.807) is 13.2 Å². The molecule has 8 nitrogen and oxygen atoms in total. The molecule has 222 valence electrons. The van der Waals surface area contributed by atoms with Crippen molar-refractivity contribution < 1.29 is 18.7 Å². The van der Waals surface area contributed by atoms with Crippen LogP contribution in [0.25, 0.3) is 38.6 Å². The highest BCUT2D eigenvalue weighted by Gasteiger charge is 2.22. The number of benzene rings is 4. The maximum absolute atomic E-state index is 14.3. The SMILES string of the molecule is COc1ccc(COc2cc(-c3cccc(-n4cnc5c(F)cccc5c4=O)c3C)c3c(C)c(C)[nH]c3c2CC(N)=O)cc1. The van der Waals surface area contributed by atoms with Crippen LogP contribution in [0.15, 0.2) is 77.9 Å². The molecule has 6 aromatic rings. The summed E-state index contributed by atoms with van der Waals surface area (Å²) in [7, 11) is 1.61. The number of H-pyrrole nitrogens is 1. The van der Waals surface area contributed by atoms with Crippen LogP contribution in [0, 0.1) is 26.6 Å². The van der Waals surface area contributed by atoms with Crippen molar-refractivity contribution in [2.45, 2.75) is 33.8 Å². The largest absolute Gasteiger partial charge is 0.497 e. The summed E-state index contributed by atoms with van der Waals surface area (Å²) in [4.78, 5) is 33.4. The van der Waals surface area contributed by atoms with E-state index in [2.05, 4.69) is 9.97 Å². The van der Waals surface area contributed by atoms with Gasteiger partial charge < -0.3 is 20.2 Å². The molecule has 44 heavy (non-hydrogen) atoms. The van der Waals surface area contributed by atoms with E-state index in [-0.39, 0.29) is 29.5 Å². The van der Waals surface area contributed by atoms with Gasteiger partial charge in [0, 0.05) is 16.6 Å². The minimum Gasteiger partial charge on any atom is -0.497 e. The molecule has 9 heteroatoms. The Balaban J connectivity index is 1.54. The van der Waals surface area contributed by atoms with E-state index in [0.29, 0.717) is 17.0 Å². The number of amides is 1. The lowest BCUT2D eigenvalue weighted by atomic mass is 9.91. The number of fused-ring (bicyclic) bond motifs is 2. The van der Waals surface area contributed by atoms with Gasteiger partial charge in [-0.15, -0.1) is 0 Å². The van der Waals surface area contributed by atoms with Gasteiger partial charge in [-0.2, -0.15) is 0 Å². The average Bonchev–Trinajstić information content (AvgIpc) is 3.31. The molecule has 0 bridgehead atoms. The fourth-order valence-electron chi connectivity index (χ4n) is 5.73. The molecule has 2 aromatic heterocycles. The van der Waals surface area contributed by atoms with E-state index in [1.165, 1.54) is 23.0 Å². The zero-order chi connectivity index (χ0) is 31.1. The molecule has 4 aromatic carbocycles. The molecule has 1 amide bonds. The van der Waals surface area contributed by atoms with Gasteiger partial charge in [-0.05, 0) is 85.0 Å². The lowest BCUT2D eigenvalue weighted by Gasteiger charge is -2.18. The molecule has 0 radical (unpaired) electrons. The van der Waals surface area contributed by atoms with Crippen molar-refractivity contribution >= 4 is 27.7 Å². The molecule has 0 spiro atoms. The fourth-order valence-corrected chi connectivity index (χ4v) is 5.73. The van der Waals surface area contributed by atoms with E-state index in [1.807, 2.05) is 69.3 Å². The van der Waals surface area contributed by atoms with Gasteiger partial charge >= 0.3 is 0 Å². The number of halogens is 1. The normalized spacial score (nSPS) is 11.3. The second-order valence-electron chi connectivity index (χ2n) is 10.8. The van der Waals surface area contributed by atoms with Gasteiger partial charge in [0.15, 0.2) is 0 Å². The second-order valence-corrected chi connectivity index (χ2v) is 10.8. The Morgan fingerprint density at radius 2 is 1.75 bits per heavy atom. The Bertz CT molecular complexity index is 2130. The number of primary amides is 1. The van der Waals surface area contributed by atoms with Crippen molar-refractivity contribution in [2.75, 3.05) is 7.11 Å². The molecule has 0 saturated carbocycles. The van der Waals surface area contributed by atoms with E-state index < -0.39 is 11.7 Å². The minimum atomic E-state index is -0.545. The van der Waals surface area contributed by atoms with Gasteiger partial charge in [0.05, 0.1) is 30.1 Å². The van der Waals surface area contributed by atoms with Crippen molar-refractivity contribution in [1.29, 1.82) is 0 Å². The van der Waals surface area contributed by atoms with Crippen LogP contribution in [-0.4, -0.2) is 27.6 Å². The van der Waals surface area contributed by atoms with Crippen molar-refractivity contribution in [3.63, 3.8) is 0 Å². The monoisotopic (exact) mass is 590 g/mol. The second kappa shape index (κ2) is 11.3. The predicted octanol–water partition coefficient (Wildman–Crippen LogP) is 6.21. The van der Waals surface area contributed by atoms with Gasteiger partial charge in [0.25, 0.3) is 5.56 Å². The molecule has 0 fully saturated rings. The smallest absolute Gasteiger partial charge is 0.265 e. The first-order valence-corrected chi connectivity index (χ1v) is 14.1. The molecule has 0 aliphatic heterocycles. The summed E-state index contributed by atoms with van der Waals surface area (Å²) in [5.41, 5.74) is 12.9. The van der Waals surface area contributed by atoms with Crippen LogP contribution in [0.4, 0.5) is 4.39 Å². The Kier molecular flexibility index (Phi) is 7.38. The number of para-hydroxylation sites is 1. The third-order valence-electron chi connectivity index (χ3n) is 8.14. The first kappa shape index (κ1) is 28.7. The number of nitrogens with two attached hydrogens (primary N) is 1. The number of aromatic nitrogens is 3. The molecular formula is C35H31FN4O4. The Morgan fingerprint density at radius 3 is 2.48 bits per heavy atom. The Hall–Kier alpha value is -5.44. The molecular weight excluding hydrogens is 559 g/mol. The maximum Gasteiger partial charge on any atom is 0.265 e. The number of methoxy groups -OCH3 is 1. The van der Waals surface area contributed by atoms with E-state index in [4.69, 9.17) is 15.2 Å². The average molecular weight is 591 g/mol. The number of aryl methyl sites for hydroxylation is 2. The van der Waals surface area contributed by atoms with Gasteiger partial charge in [-0.3, -0.25) is 14.2 Å². The third kappa shape index (κ3) is 4.96. The molecule has 0 unspecified atom stereocenters. The number of nitrogens with zero attached hydrogens (tertiary/aromatic N) is 2. The lowest BCUT2D eigenvalue weighted by molar-refractivity contribution is -0.117. The van der Waals surface area contributed by atoms with E-state index in [0.717, 1.165) is 50.2 Å². The summed E-state index contributed by atoms with van der Waals surface area (Å²) in [6.45, 7) is 6.19. The highest BCUT2D eigenvalue weighted by Crippen LogP contribution is 2.42. The quantitative estimate of drug-likeness (QED) is 0.219. The first-order chi connectivity index (χ1) is 21.2. The van der Waals surface area contributed by atoms with Crippen LogP contribution >= 0.6 is 0 Å². The van der Waals surface area contributed by atoms with Crippen LogP contribution in [0.5, 0.6) is 11.5 Å². The molecule has 0 atom stereocenters. The fraction of sp³-hybridized carbons (Fsp3) is 0.171. The Morgan fingerprint density at radius 1 is 1.00 bits per heavy atom. The van der Waals surface area contributed by atoms with E-state index in [9.17, 15) is 14.0 Å². The minimum absolute atomic E-state index is 0.0121. The van der Waals surface area contributed by atoms with Crippen molar-refractivity contribution in [2.24, 2.45) is 5.73 Å². The topological polar surface area (TPSA) is 112 Å². The summed E-state index contributed by atoms with van der Waals surface area (Å²) in [5.74, 6) is 0.241. The predicted molar refractivity (Wildman–Crippen MR) is 169 cm³/mol. The number of ether oxygens (including phenoxy) is 2. The third-order valence-corrected chi connectivity index (χ3v) is 8.14. The van der Waals surface area contributed by atoms with Gasteiger partial charge in [-0.1, -0.05) is 30.3 Å². The van der Waals surface area contributed by atoms with Crippen LogP contribution in [0.1, 0.15) is 27.9 Å².